The fourth-order valence-electron chi connectivity index (χ4n) is 4.82. The van der Waals surface area contributed by atoms with Crippen LogP contribution in [-0.2, 0) is 17.9 Å². The van der Waals surface area contributed by atoms with Crippen LogP contribution in [-0.4, -0.2) is 0 Å². The van der Waals surface area contributed by atoms with Gasteiger partial charge in [0.1, 0.15) is 7.05 Å². The normalized spacial score (nSPS) is 16.6. The Bertz CT molecular complexity index is 1050. The lowest BCUT2D eigenvalue weighted by atomic mass is 9.59. The molecule has 1 aromatic heterocycles. The van der Waals surface area contributed by atoms with Gasteiger partial charge in [-0.1, -0.05) is 58.0 Å². The first kappa shape index (κ1) is 18.0. The molecule has 0 N–H and O–H groups in total. The quantitative estimate of drug-likeness (QED) is 0.488. The van der Waals surface area contributed by atoms with Crippen LogP contribution in [0.1, 0.15) is 61.1 Å². The smallest absolute Gasteiger partial charge is 0.201 e. The molecule has 0 unspecified atom stereocenters. The lowest BCUT2D eigenvalue weighted by Crippen LogP contribution is -2.37. The van der Waals surface area contributed by atoms with Gasteiger partial charge in [0.05, 0.1) is 0 Å². The fourth-order valence-corrected chi connectivity index (χ4v) is 4.82. The Morgan fingerprint density at radius 2 is 1.26 bits per heavy atom. The fraction of sp³-hybridized carbons (Fsp3) is 0.346. The van der Waals surface area contributed by atoms with Crippen molar-refractivity contribution in [2.75, 3.05) is 0 Å². The number of hydrogen-bond donors (Lipinski definition) is 0. The molecule has 0 bridgehead atoms. The van der Waals surface area contributed by atoms with Crippen molar-refractivity contribution in [3.8, 4) is 11.3 Å². The zero-order chi connectivity index (χ0) is 19.6. The van der Waals surface area contributed by atoms with Gasteiger partial charge in [0.2, 0.25) is 5.69 Å². The topological polar surface area (TPSA) is 3.88 Å². The summed E-state index contributed by atoms with van der Waals surface area (Å²) in [7, 11) is 2.14. The number of benzene rings is 2. The van der Waals surface area contributed by atoms with E-state index in [1.165, 1.54) is 44.6 Å². The van der Waals surface area contributed by atoms with Crippen molar-refractivity contribution in [3.05, 3.63) is 88.1 Å². The van der Waals surface area contributed by atoms with Crippen LogP contribution in [0.25, 0.3) is 11.3 Å². The summed E-state index contributed by atoms with van der Waals surface area (Å²) >= 11 is 0. The van der Waals surface area contributed by atoms with Crippen LogP contribution in [0.15, 0.2) is 54.7 Å². The van der Waals surface area contributed by atoms with E-state index < -0.39 is 0 Å². The zero-order valence-corrected chi connectivity index (χ0v) is 17.6. The molecule has 1 nitrogen and oxygen atoms in total. The summed E-state index contributed by atoms with van der Waals surface area (Å²) in [6.45, 7) is 13.9. The first-order valence-electron chi connectivity index (χ1n) is 9.86. The third kappa shape index (κ3) is 2.56. The standard InChI is InChI=1S/C26H30N/c1-17-12-13-27(7)24(14-17)19-16-23-22(15-18(19)2)25(3,4)20-10-8-9-11-21(20)26(23,5)6/h8-16H,1-7H3/q+1. The molecule has 1 aliphatic rings. The van der Waals surface area contributed by atoms with Crippen LogP contribution < -0.4 is 4.57 Å². The van der Waals surface area contributed by atoms with Crippen molar-refractivity contribution < 1.29 is 4.57 Å². The molecule has 0 atom stereocenters. The molecule has 3 aromatic rings. The van der Waals surface area contributed by atoms with E-state index in [4.69, 9.17) is 0 Å². The zero-order valence-electron chi connectivity index (χ0n) is 17.6. The number of aryl methyl sites for hydroxylation is 3. The number of pyridine rings is 1. The van der Waals surface area contributed by atoms with Crippen LogP contribution in [0.2, 0.25) is 0 Å². The molecular weight excluding hydrogens is 326 g/mol. The molecule has 0 saturated heterocycles. The Labute approximate surface area is 163 Å². The molecule has 0 amide bonds. The average Bonchev–Trinajstić information content (AvgIpc) is 2.62. The van der Waals surface area contributed by atoms with E-state index in [9.17, 15) is 0 Å². The van der Waals surface area contributed by atoms with Gasteiger partial charge in [0, 0.05) is 28.5 Å². The second kappa shape index (κ2) is 5.79. The molecule has 1 aliphatic carbocycles. The average molecular weight is 357 g/mol. The molecule has 0 fully saturated rings. The van der Waals surface area contributed by atoms with E-state index in [1.54, 1.807) is 0 Å². The minimum Gasteiger partial charge on any atom is -0.201 e. The third-order valence-electron chi connectivity index (χ3n) is 6.57. The Kier molecular flexibility index (Phi) is 3.86. The number of rotatable bonds is 1. The lowest BCUT2D eigenvalue weighted by Gasteiger charge is -2.44. The third-order valence-corrected chi connectivity index (χ3v) is 6.57. The first-order valence-corrected chi connectivity index (χ1v) is 9.86. The molecule has 138 valence electrons. The SMILES string of the molecule is Cc1cc[n+](C)c(-c2cc3c(cc2C)C(C)(C)c2ccccc2C3(C)C)c1. The summed E-state index contributed by atoms with van der Waals surface area (Å²) in [5.74, 6) is 0. The summed E-state index contributed by atoms with van der Waals surface area (Å²) in [6.07, 6.45) is 2.16. The van der Waals surface area contributed by atoms with Crippen LogP contribution >= 0.6 is 0 Å². The minimum absolute atomic E-state index is 0.00765. The predicted octanol–water partition coefficient (Wildman–Crippen LogP) is 5.76. The van der Waals surface area contributed by atoms with Crippen molar-refractivity contribution in [3.63, 3.8) is 0 Å². The van der Waals surface area contributed by atoms with Crippen molar-refractivity contribution in [2.24, 2.45) is 7.05 Å². The van der Waals surface area contributed by atoms with Crippen molar-refractivity contribution in [2.45, 2.75) is 52.4 Å². The molecule has 0 saturated carbocycles. The summed E-state index contributed by atoms with van der Waals surface area (Å²) in [5, 5.41) is 0. The highest BCUT2D eigenvalue weighted by Crippen LogP contribution is 2.50. The van der Waals surface area contributed by atoms with Crippen LogP contribution in [0.5, 0.6) is 0 Å². The van der Waals surface area contributed by atoms with Gasteiger partial charge < -0.3 is 0 Å². The molecule has 4 rings (SSSR count). The van der Waals surface area contributed by atoms with E-state index in [2.05, 4.69) is 108 Å². The Hall–Kier alpha value is -2.41. The van der Waals surface area contributed by atoms with Gasteiger partial charge in [-0.05, 0) is 53.3 Å². The maximum absolute atomic E-state index is 2.46. The Morgan fingerprint density at radius 1 is 0.704 bits per heavy atom. The van der Waals surface area contributed by atoms with E-state index in [1.807, 2.05) is 0 Å². The maximum atomic E-state index is 2.46. The predicted molar refractivity (Wildman–Crippen MR) is 113 cm³/mol. The van der Waals surface area contributed by atoms with Gasteiger partial charge in [-0.2, -0.15) is 0 Å². The number of fused-ring (bicyclic) bond motifs is 2. The number of aromatic nitrogens is 1. The van der Waals surface area contributed by atoms with Gasteiger partial charge >= 0.3 is 0 Å². The molecule has 0 radical (unpaired) electrons. The van der Waals surface area contributed by atoms with E-state index in [0.717, 1.165) is 0 Å². The van der Waals surface area contributed by atoms with Crippen LogP contribution in [0.3, 0.4) is 0 Å². The maximum Gasteiger partial charge on any atom is 0.212 e. The molecule has 1 heteroatoms. The number of nitrogens with zero attached hydrogens (tertiary/aromatic N) is 1. The van der Waals surface area contributed by atoms with E-state index in [0.29, 0.717) is 0 Å². The van der Waals surface area contributed by atoms with Gasteiger partial charge in [-0.3, -0.25) is 0 Å². The second-order valence-corrected chi connectivity index (χ2v) is 9.21. The van der Waals surface area contributed by atoms with Crippen molar-refractivity contribution in [1.82, 2.24) is 0 Å². The van der Waals surface area contributed by atoms with E-state index >= 15 is 0 Å². The highest BCUT2D eigenvalue weighted by atomic mass is 14.9. The molecule has 1 heterocycles. The first-order chi connectivity index (χ1) is 12.6. The van der Waals surface area contributed by atoms with Gasteiger partial charge in [-0.15, -0.1) is 0 Å². The highest BCUT2D eigenvalue weighted by Gasteiger charge is 2.42. The van der Waals surface area contributed by atoms with E-state index in [-0.39, 0.29) is 10.8 Å². The Balaban J connectivity index is 2.04. The van der Waals surface area contributed by atoms with Crippen LogP contribution in [0, 0.1) is 13.8 Å². The molecule has 2 aromatic carbocycles. The highest BCUT2D eigenvalue weighted by molar-refractivity contribution is 5.69. The second-order valence-electron chi connectivity index (χ2n) is 9.21. The largest absolute Gasteiger partial charge is 0.212 e. The van der Waals surface area contributed by atoms with Gasteiger partial charge in [0.25, 0.3) is 0 Å². The van der Waals surface area contributed by atoms with Crippen molar-refractivity contribution >= 4 is 0 Å². The summed E-state index contributed by atoms with van der Waals surface area (Å²) in [4.78, 5) is 0. The summed E-state index contributed by atoms with van der Waals surface area (Å²) < 4.78 is 2.23. The lowest BCUT2D eigenvalue weighted by molar-refractivity contribution is -0.660. The van der Waals surface area contributed by atoms with Crippen molar-refractivity contribution in [1.29, 1.82) is 0 Å². The molecule has 0 spiro atoms. The monoisotopic (exact) mass is 356 g/mol. The Morgan fingerprint density at radius 3 is 1.85 bits per heavy atom. The molecular formula is C26H30N+. The van der Waals surface area contributed by atoms with Gasteiger partial charge in [-0.25, -0.2) is 4.57 Å². The number of hydrogen-bond acceptors (Lipinski definition) is 0. The van der Waals surface area contributed by atoms with Gasteiger partial charge in [0.15, 0.2) is 6.20 Å². The molecule has 27 heavy (non-hydrogen) atoms. The molecule has 0 aliphatic heterocycles. The minimum atomic E-state index is -0.00765. The van der Waals surface area contributed by atoms with Crippen LogP contribution in [0.4, 0.5) is 0 Å². The summed E-state index contributed by atoms with van der Waals surface area (Å²) in [5.41, 5.74) is 11.1. The summed E-state index contributed by atoms with van der Waals surface area (Å²) in [6, 6.07) is 18.3.